The third-order valence-electron chi connectivity index (χ3n) is 6.61. The molecule has 1 heterocycles. The summed E-state index contributed by atoms with van der Waals surface area (Å²) in [5.41, 5.74) is 1.97. The lowest BCUT2D eigenvalue weighted by atomic mass is 9.89. The number of aliphatic hydroxyl groups is 2. The standard InChI is InChI=1S/C31H34ClNO8/c32-11-3-1-2-4-13-39-15-16-40-14-12-33-30(36)20-5-8-23(26(17-20)31(37)38)29-24-9-6-21(34)18-27(24)41-28-19-22(35)7-10-25(28)29/h5-10,17-19,31,34,37-38H,1-4,11-16H2,(H,33,36). The van der Waals surface area contributed by atoms with Crippen molar-refractivity contribution in [1.29, 1.82) is 0 Å². The fourth-order valence-corrected chi connectivity index (χ4v) is 4.80. The number of aromatic hydroxyl groups is 1. The summed E-state index contributed by atoms with van der Waals surface area (Å²) in [4.78, 5) is 24.8. The highest BCUT2D eigenvalue weighted by molar-refractivity contribution is 6.17. The Morgan fingerprint density at radius 2 is 1.63 bits per heavy atom. The van der Waals surface area contributed by atoms with Crippen LogP contribution in [0.3, 0.4) is 0 Å². The summed E-state index contributed by atoms with van der Waals surface area (Å²) in [5.74, 6) is 0.551. The Hall–Kier alpha value is -3.47. The highest BCUT2D eigenvalue weighted by atomic mass is 35.5. The summed E-state index contributed by atoms with van der Waals surface area (Å²) >= 11 is 5.66. The lowest BCUT2D eigenvalue weighted by molar-refractivity contribution is -0.0420. The van der Waals surface area contributed by atoms with Gasteiger partial charge in [0.05, 0.1) is 19.8 Å². The highest BCUT2D eigenvalue weighted by Crippen LogP contribution is 2.42. The van der Waals surface area contributed by atoms with Gasteiger partial charge < -0.3 is 34.5 Å². The zero-order valence-electron chi connectivity index (χ0n) is 22.6. The third-order valence-corrected chi connectivity index (χ3v) is 6.88. The van der Waals surface area contributed by atoms with Gasteiger partial charge in [-0.3, -0.25) is 9.59 Å². The van der Waals surface area contributed by atoms with E-state index in [4.69, 9.17) is 25.5 Å². The molecule has 4 rings (SSSR count). The van der Waals surface area contributed by atoms with Gasteiger partial charge in [0.1, 0.15) is 17.1 Å². The number of aliphatic hydroxyl groups excluding tert-OH is 1. The molecule has 2 aromatic rings. The summed E-state index contributed by atoms with van der Waals surface area (Å²) in [7, 11) is 0. The van der Waals surface area contributed by atoms with Crippen molar-refractivity contribution in [3.8, 4) is 28.2 Å². The van der Waals surface area contributed by atoms with E-state index in [9.17, 15) is 24.9 Å². The number of amides is 1. The molecule has 2 aliphatic rings. The number of hydrogen-bond acceptors (Lipinski definition) is 8. The number of carbonyl (C=O) groups excluding carboxylic acids is 1. The van der Waals surface area contributed by atoms with Gasteiger partial charge in [0.25, 0.3) is 5.91 Å². The number of carbonyl (C=O) groups is 1. The molecule has 9 nitrogen and oxygen atoms in total. The van der Waals surface area contributed by atoms with E-state index in [1.165, 1.54) is 30.3 Å². The second-order valence-electron chi connectivity index (χ2n) is 9.58. The van der Waals surface area contributed by atoms with Crippen molar-refractivity contribution in [2.45, 2.75) is 32.0 Å². The Labute approximate surface area is 242 Å². The minimum absolute atomic E-state index is 0.0235. The summed E-state index contributed by atoms with van der Waals surface area (Å²) < 4.78 is 16.9. The first-order chi connectivity index (χ1) is 19.9. The molecule has 41 heavy (non-hydrogen) atoms. The Morgan fingerprint density at radius 1 is 0.878 bits per heavy atom. The molecule has 0 atom stereocenters. The molecule has 2 aromatic carbocycles. The molecule has 4 N–H and O–H groups in total. The monoisotopic (exact) mass is 583 g/mol. The minimum atomic E-state index is -1.89. The average molecular weight is 584 g/mol. The quantitative estimate of drug-likeness (QED) is 0.0676. The Balaban J connectivity index is 1.43. The first-order valence-corrected chi connectivity index (χ1v) is 14.1. The van der Waals surface area contributed by atoms with Crippen molar-refractivity contribution in [3.05, 3.63) is 75.9 Å². The Kier molecular flexibility index (Phi) is 11.1. The molecule has 0 aromatic heterocycles. The highest BCUT2D eigenvalue weighted by Gasteiger charge is 2.22. The largest absolute Gasteiger partial charge is 0.508 e. The molecule has 0 fully saturated rings. The Bertz CT molecular complexity index is 1490. The van der Waals surface area contributed by atoms with Crippen LogP contribution in [0.4, 0.5) is 0 Å². The van der Waals surface area contributed by atoms with Crippen molar-refractivity contribution < 1.29 is 34.0 Å². The number of halogens is 1. The smallest absolute Gasteiger partial charge is 0.251 e. The van der Waals surface area contributed by atoms with Crippen LogP contribution in [-0.2, 0) is 9.47 Å². The molecule has 1 aliphatic carbocycles. The molecule has 0 spiro atoms. The van der Waals surface area contributed by atoms with Gasteiger partial charge in [-0.15, -0.1) is 11.6 Å². The van der Waals surface area contributed by atoms with Crippen LogP contribution in [0, 0.1) is 0 Å². The molecule has 0 saturated carbocycles. The van der Waals surface area contributed by atoms with Gasteiger partial charge in [0.15, 0.2) is 11.7 Å². The van der Waals surface area contributed by atoms with Gasteiger partial charge in [0.2, 0.25) is 0 Å². The van der Waals surface area contributed by atoms with Crippen LogP contribution < -0.4 is 10.7 Å². The van der Waals surface area contributed by atoms with Crippen LogP contribution >= 0.6 is 11.6 Å². The average Bonchev–Trinajstić information content (AvgIpc) is 2.96. The maximum Gasteiger partial charge on any atom is 0.251 e. The summed E-state index contributed by atoms with van der Waals surface area (Å²) in [6.45, 7) is 2.16. The van der Waals surface area contributed by atoms with Crippen LogP contribution in [0.1, 0.15) is 47.9 Å². The van der Waals surface area contributed by atoms with Crippen molar-refractivity contribution in [1.82, 2.24) is 5.32 Å². The van der Waals surface area contributed by atoms with Gasteiger partial charge in [-0.1, -0.05) is 18.9 Å². The van der Waals surface area contributed by atoms with E-state index >= 15 is 0 Å². The van der Waals surface area contributed by atoms with Crippen LogP contribution in [0.25, 0.3) is 33.4 Å². The van der Waals surface area contributed by atoms with Gasteiger partial charge in [-0.05, 0) is 54.8 Å². The number of ether oxygens (including phenoxy) is 2. The predicted octanol–water partition coefficient (Wildman–Crippen LogP) is 4.82. The second-order valence-corrected chi connectivity index (χ2v) is 9.95. The lowest BCUT2D eigenvalue weighted by Gasteiger charge is -2.19. The number of hydrogen-bond donors (Lipinski definition) is 4. The van der Waals surface area contributed by atoms with Crippen molar-refractivity contribution in [3.63, 3.8) is 0 Å². The molecule has 218 valence electrons. The van der Waals surface area contributed by atoms with E-state index in [1.807, 2.05) is 0 Å². The first-order valence-electron chi connectivity index (χ1n) is 13.6. The number of phenols is 1. The second kappa shape index (κ2) is 15.0. The molecule has 0 radical (unpaired) electrons. The van der Waals surface area contributed by atoms with Crippen LogP contribution in [0.5, 0.6) is 5.75 Å². The first kappa shape index (κ1) is 30.5. The summed E-state index contributed by atoms with van der Waals surface area (Å²) in [6.07, 6.45) is 2.33. The third kappa shape index (κ3) is 8.06. The zero-order valence-corrected chi connectivity index (χ0v) is 23.4. The minimum Gasteiger partial charge on any atom is -0.508 e. The lowest BCUT2D eigenvalue weighted by Crippen LogP contribution is -2.27. The number of fused-ring (bicyclic) bond motifs is 2. The van der Waals surface area contributed by atoms with Gasteiger partial charge >= 0.3 is 0 Å². The van der Waals surface area contributed by atoms with E-state index in [0.29, 0.717) is 60.0 Å². The zero-order chi connectivity index (χ0) is 29.2. The van der Waals surface area contributed by atoms with Crippen molar-refractivity contribution in [2.24, 2.45) is 0 Å². The molecular formula is C31H34ClNO8. The predicted molar refractivity (Wildman–Crippen MR) is 157 cm³/mol. The molecule has 0 bridgehead atoms. The van der Waals surface area contributed by atoms with E-state index in [-0.39, 0.29) is 34.6 Å². The maximum absolute atomic E-state index is 12.8. The van der Waals surface area contributed by atoms with Crippen molar-refractivity contribution in [2.75, 3.05) is 38.9 Å². The molecule has 1 aliphatic heterocycles. The fraction of sp³-hybridized carbons (Fsp3) is 0.355. The molecule has 10 heteroatoms. The Morgan fingerprint density at radius 3 is 2.41 bits per heavy atom. The molecule has 0 saturated heterocycles. The molecular weight excluding hydrogens is 550 g/mol. The number of rotatable bonds is 15. The number of phenolic OH excluding ortho intramolecular Hbond substituents is 1. The van der Waals surface area contributed by atoms with E-state index < -0.39 is 12.2 Å². The number of nitrogens with one attached hydrogen (secondary N) is 1. The molecule has 1 amide bonds. The van der Waals surface area contributed by atoms with E-state index in [1.54, 1.807) is 24.3 Å². The van der Waals surface area contributed by atoms with Gasteiger partial charge in [-0.25, -0.2) is 0 Å². The fourth-order valence-electron chi connectivity index (χ4n) is 4.61. The van der Waals surface area contributed by atoms with E-state index in [2.05, 4.69) is 5.32 Å². The molecule has 0 unspecified atom stereocenters. The number of benzene rings is 3. The van der Waals surface area contributed by atoms with Gasteiger partial charge in [-0.2, -0.15) is 0 Å². The summed E-state index contributed by atoms with van der Waals surface area (Å²) in [6, 6.07) is 13.5. The summed E-state index contributed by atoms with van der Waals surface area (Å²) in [5, 5.41) is 33.9. The number of alkyl halides is 1. The SMILES string of the molecule is O=C(NCCOCCOCCCCCCCl)c1ccc(-c2c3ccc(=O)cc-3oc3cc(O)ccc23)c(C(O)O)c1. The van der Waals surface area contributed by atoms with Crippen LogP contribution in [-0.4, -0.2) is 60.1 Å². The van der Waals surface area contributed by atoms with Crippen LogP contribution in [0.15, 0.2) is 63.8 Å². The number of unbranched alkanes of at least 4 members (excludes halogenated alkanes) is 3. The maximum atomic E-state index is 12.8. The van der Waals surface area contributed by atoms with E-state index in [0.717, 1.165) is 25.7 Å². The van der Waals surface area contributed by atoms with Gasteiger partial charge in [0, 0.05) is 58.8 Å². The van der Waals surface area contributed by atoms with Crippen LogP contribution in [0.2, 0.25) is 0 Å². The topological polar surface area (TPSA) is 138 Å². The van der Waals surface area contributed by atoms with Crippen molar-refractivity contribution >= 4 is 28.5 Å². The normalized spacial score (nSPS) is 11.5.